The normalized spacial score (nSPS) is 16.6. The summed E-state index contributed by atoms with van der Waals surface area (Å²) in [6, 6.07) is 13.4. The number of esters is 1. The summed E-state index contributed by atoms with van der Waals surface area (Å²) in [5.41, 5.74) is 1.15. The Morgan fingerprint density at radius 1 is 1.16 bits per heavy atom. The smallest absolute Gasteiger partial charge is 0.363 e. The van der Waals surface area contributed by atoms with Crippen LogP contribution < -0.4 is 0 Å². The lowest BCUT2D eigenvalue weighted by Crippen LogP contribution is -2.04. The Bertz CT molecular complexity index is 683. The monoisotopic (exact) mass is 269 g/mol. The average Bonchev–Trinajstić information content (AvgIpc) is 2.98. The van der Waals surface area contributed by atoms with Crippen LogP contribution in [0, 0.1) is 6.92 Å². The number of cyclic esters (lactones) is 1. The van der Waals surface area contributed by atoms with E-state index in [-0.39, 0.29) is 0 Å². The van der Waals surface area contributed by atoms with Crippen molar-refractivity contribution in [1.82, 2.24) is 0 Å². The van der Waals surface area contributed by atoms with Crippen molar-refractivity contribution in [2.75, 3.05) is 0 Å². The van der Waals surface area contributed by atoms with Gasteiger partial charge >= 0.3 is 5.97 Å². The third kappa shape index (κ3) is 2.48. The summed E-state index contributed by atoms with van der Waals surface area (Å²) in [5, 5.41) is 0. The standard InChI is InChI=1S/C15H11NO2S/c1-10-7-8-12(19-10)9-13-15(17)18-14(16-13)11-5-3-2-4-6-11/h2-9H,1H3/b13-9-. The zero-order valence-electron chi connectivity index (χ0n) is 10.3. The van der Waals surface area contributed by atoms with Gasteiger partial charge in [0, 0.05) is 15.3 Å². The van der Waals surface area contributed by atoms with E-state index in [9.17, 15) is 4.79 Å². The maximum absolute atomic E-state index is 11.8. The van der Waals surface area contributed by atoms with Crippen LogP contribution in [0.4, 0.5) is 0 Å². The topological polar surface area (TPSA) is 38.7 Å². The van der Waals surface area contributed by atoms with E-state index in [1.807, 2.05) is 49.4 Å². The number of aliphatic imine (C=N–C) groups is 1. The molecular weight excluding hydrogens is 258 g/mol. The molecule has 3 nitrogen and oxygen atoms in total. The number of nitrogens with zero attached hydrogens (tertiary/aromatic N) is 1. The van der Waals surface area contributed by atoms with Crippen molar-refractivity contribution in [3.05, 3.63) is 63.5 Å². The van der Waals surface area contributed by atoms with E-state index in [1.54, 1.807) is 17.4 Å². The quantitative estimate of drug-likeness (QED) is 0.619. The van der Waals surface area contributed by atoms with Crippen LogP contribution in [0.3, 0.4) is 0 Å². The second kappa shape index (κ2) is 4.82. The molecule has 1 aromatic carbocycles. The lowest BCUT2D eigenvalue weighted by Gasteiger charge is -1.97. The maximum atomic E-state index is 11.8. The van der Waals surface area contributed by atoms with Crippen LogP contribution >= 0.6 is 11.3 Å². The average molecular weight is 269 g/mol. The van der Waals surface area contributed by atoms with E-state index in [0.717, 1.165) is 10.4 Å². The Kier molecular flexibility index (Phi) is 3.01. The van der Waals surface area contributed by atoms with Gasteiger partial charge in [0.1, 0.15) is 0 Å². The molecule has 0 spiro atoms. The van der Waals surface area contributed by atoms with Gasteiger partial charge in [0.2, 0.25) is 5.90 Å². The first-order valence-electron chi connectivity index (χ1n) is 5.87. The van der Waals surface area contributed by atoms with Gasteiger partial charge in [-0.25, -0.2) is 9.79 Å². The zero-order valence-corrected chi connectivity index (χ0v) is 11.1. The number of rotatable bonds is 2. The molecule has 0 atom stereocenters. The third-order valence-corrected chi connectivity index (χ3v) is 3.63. The molecule has 0 aliphatic carbocycles. The van der Waals surface area contributed by atoms with Crippen molar-refractivity contribution >= 4 is 29.3 Å². The minimum absolute atomic E-state index is 0.348. The number of aryl methyl sites for hydroxylation is 1. The first-order chi connectivity index (χ1) is 9.22. The zero-order chi connectivity index (χ0) is 13.2. The first-order valence-corrected chi connectivity index (χ1v) is 6.68. The molecule has 1 aliphatic heterocycles. The molecule has 3 rings (SSSR count). The van der Waals surface area contributed by atoms with E-state index < -0.39 is 5.97 Å². The molecule has 1 aromatic heterocycles. The van der Waals surface area contributed by atoms with Crippen molar-refractivity contribution in [3.63, 3.8) is 0 Å². The van der Waals surface area contributed by atoms with Crippen LogP contribution in [0.15, 0.2) is 53.2 Å². The summed E-state index contributed by atoms with van der Waals surface area (Å²) in [7, 11) is 0. The molecule has 0 fully saturated rings. The van der Waals surface area contributed by atoms with Gasteiger partial charge in [0.05, 0.1) is 0 Å². The predicted octanol–water partition coefficient (Wildman–Crippen LogP) is 3.40. The fraction of sp³-hybridized carbons (Fsp3) is 0.0667. The third-order valence-electron chi connectivity index (χ3n) is 2.68. The minimum Gasteiger partial charge on any atom is -0.402 e. The molecule has 19 heavy (non-hydrogen) atoms. The van der Waals surface area contributed by atoms with Gasteiger partial charge in [-0.15, -0.1) is 11.3 Å². The van der Waals surface area contributed by atoms with Crippen molar-refractivity contribution in [1.29, 1.82) is 0 Å². The van der Waals surface area contributed by atoms with Crippen LogP contribution in [0.1, 0.15) is 15.3 Å². The lowest BCUT2D eigenvalue weighted by molar-refractivity contribution is -0.129. The highest BCUT2D eigenvalue weighted by atomic mass is 32.1. The minimum atomic E-state index is -0.398. The van der Waals surface area contributed by atoms with E-state index >= 15 is 0 Å². The maximum Gasteiger partial charge on any atom is 0.363 e. The number of carbonyl (C=O) groups is 1. The van der Waals surface area contributed by atoms with Crippen LogP contribution in [-0.4, -0.2) is 11.9 Å². The fourth-order valence-electron chi connectivity index (χ4n) is 1.78. The van der Waals surface area contributed by atoms with Crippen molar-refractivity contribution < 1.29 is 9.53 Å². The summed E-state index contributed by atoms with van der Waals surface area (Å²) in [4.78, 5) is 18.2. The van der Waals surface area contributed by atoms with Gasteiger partial charge in [-0.1, -0.05) is 18.2 Å². The van der Waals surface area contributed by atoms with E-state index in [2.05, 4.69) is 4.99 Å². The second-order valence-corrected chi connectivity index (χ2v) is 5.47. The predicted molar refractivity (Wildman–Crippen MR) is 76.1 cm³/mol. The number of hydrogen-bond donors (Lipinski definition) is 0. The van der Waals surface area contributed by atoms with Gasteiger partial charge in [0.15, 0.2) is 5.70 Å². The first kappa shape index (κ1) is 11.9. The molecule has 4 heteroatoms. The second-order valence-electron chi connectivity index (χ2n) is 4.15. The molecule has 2 heterocycles. The Morgan fingerprint density at radius 3 is 2.63 bits per heavy atom. The SMILES string of the molecule is Cc1ccc(/C=C2\N=C(c3ccccc3)OC2=O)s1. The van der Waals surface area contributed by atoms with E-state index in [4.69, 9.17) is 4.74 Å². The van der Waals surface area contributed by atoms with Gasteiger partial charge in [-0.2, -0.15) is 0 Å². The van der Waals surface area contributed by atoms with Crippen molar-refractivity contribution in [3.8, 4) is 0 Å². The molecule has 0 radical (unpaired) electrons. The summed E-state index contributed by atoms with van der Waals surface area (Å²) in [6.07, 6.45) is 1.76. The Morgan fingerprint density at radius 2 is 1.95 bits per heavy atom. The van der Waals surface area contributed by atoms with Gasteiger partial charge < -0.3 is 4.74 Å². The van der Waals surface area contributed by atoms with Gasteiger partial charge in [-0.3, -0.25) is 0 Å². The van der Waals surface area contributed by atoms with E-state index in [0.29, 0.717) is 11.6 Å². The highest BCUT2D eigenvalue weighted by molar-refractivity contribution is 7.12. The molecule has 0 saturated carbocycles. The molecule has 1 aliphatic rings. The Hall–Kier alpha value is -2.20. The number of hydrogen-bond acceptors (Lipinski definition) is 4. The Labute approximate surface area is 114 Å². The molecular formula is C15H11NO2S. The molecule has 0 saturated heterocycles. The van der Waals surface area contributed by atoms with Crippen LogP contribution in [0.5, 0.6) is 0 Å². The Balaban J connectivity index is 1.94. The summed E-state index contributed by atoms with van der Waals surface area (Å²) >= 11 is 1.62. The lowest BCUT2D eigenvalue weighted by atomic mass is 10.2. The molecule has 94 valence electrons. The fourth-order valence-corrected chi connectivity index (χ4v) is 2.59. The van der Waals surface area contributed by atoms with Gasteiger partial charge in [-0.05, 0) is 37.3 Å². The molecule has 0 bridgehead atoms. The highest BCUT2D eigenvalue weighted by Gasteiger charge is 2.23. The van der Waals surface area contributed by atoms with Crippen molar-refractivity contribution in [2.24, 2.45) is 4.99 Å². The van der Waals surface area contributed by atoms with Crippen LogP contribution in [0.2, 0.25) is 0 Å². The molecule has 0 N–H and O–H groups in total. The van der Waals surface area contributed by atoms with E-state index in [1.165, 1.54) is 4.88 Å². The highest BCUT2D eigenvalue weighted by Crippen LogP contribution is 2.22. The number of benzene rings is 1. The number of thiophene rings is 1. The van der Waals surface area contributed by atoms with Crippen LogP contribution in [-0.2, 0) is 9.53 Å². The number of ether oxygens (including phenoxy) is 1. The molecule has 2 aromatic rings. The molecule has 0 unspecified atom stereocenters. The summed E-state index contributed by atoms with van der Waals surface area (Å²) in [6.45, 7) is 2.03. The van der Waals surface area contributed by atoms with Crippen molar-refractivity contribution in [2.45, 2.75) is 6.92 Å². The summed E-state index contributed by atoms with van der Waals surface area (Å²) < 4.78 is 5.19. The molecule has 0 amide bonds. The largest absolute Gasteiger partial charge is 0.402 e. The van der Waals surface area contributed by atoms with Crippen LogP contribution in [0.25, 0.3) is 6.08 Å². The summed E-state index contributed by atoms with van der Waals surface area (Å²) in [5.74, 6) is -0.0324. The van der Waals surface area contributed by atoms with Gasteiger partial charge in [0.25, 0.3) is 0 Å². The number of carbonyl (C=O) groups excluding carboxylic acids is 1.